The summed E-state index contributed by atoms with van der Waals surface area (Å²) >= 11 is 0. The topological polar surface area (TPSA) is 56.8 Å². The number of esters is 1. The molecular weight excluding hydrogens is 270 g/mol. The van der Waals surface area contributed by atoms with Gasteiger partial charge in [-0.2, -0.15) is 0 Å². The van der Waals surface area contributed by atoms with Crippen molar-refractivity contribution < 1.29 is 19.0 Å². The van der Waals surface area contributed by atoms with Gasteiger partial charge in [0.05, 0.1) is 18.6 Å². The van der Waals surface area contributed by atoms with Gasteiger partial charge in [0.25, 0.3) is 0 Å². The first kappa shape index (κ1) is 15.6. The summed E-state index contributed by atoms with van der Waals surface area (Å²) in [6.45, 7) is 7.38. The molecule has 0 radical (unpaired) electrons. The summed E-state index contributed by atoms with van der Waals surface area (Å²) in [5.41, 5.74) is 0.511. The van der Waals surface area contributed by atoms with Crippen LogP contribution in [0.25, 0.3) is 0 Å². The highest BCUT2D eigenvalue weighted by Gasteiger charge is 2.31. The Balaban J connectivity index is 2.23. The van der Waals surface area contributed by atoms with E-state index in [-0.39, 0.29) is 19.2 Å². The lowest BCUT2D eigenvalue weighted by Gasteiger charge is -2.31. The van der Waals surface area contributed by atoms with E-state index in [1.807, 2.05) is 32.0 Å². The molecule has 0 spiro atoms. The van der Waals surface area contributed by atoms with Crippen LogP contribution in [0.1, 0.15) is 39.2 Å². The van der Waals surface area contributed by atoms with Gasteiger partial charge in [0.15, 0.2) is 11.5 Å². The average molecular weight is 293 g/mol. The van der Waals surface area contributed by atoms with Gasteiger partial charge in [0.1, 0.15) is 0 Å². The van der Waals surface area contributed by atoms with Gasteiger partial charge in [-0.1, -0.05) is 13.0 Å². The molecule has 1 unspecified atom stereocenters. The van der Waals surface area contributed by atoms with E-state index in [0.29, 0.717) is 6.61 Å². The van der Waals surface area contributed by atoms with Crippen LogP contribution in [-0.2, 0) is 15.1 Å². The second-order valence-electron chi connectivity index (χ2n) is 5.31. The van der Waals surface area contributed by atoms with Crippen molar-refractivity contribution in [3.8, 4) is 11.5 Å². The summed E-state index contributed by atoms with van der Waals surface area (Å²) in [5, 5.41) is 3.45. The highest BCUT2D eigenvalue weighted by atomic mass is 16.7. The van der Waals surface area contributed by atoms with Gasteiger partial charge in [-0.25, -0.2) is 0 Å². The van der Waals surface area contributed by atoms with Crippen LogP contribution >= 0.6 is 0 Å². The summed E-state index contributed by atoms with van der Waals surface area (Å²) in [5.74, 6) is 1.26. The Morgan fingerprint density at radius 3 is 2.81 bits per heavy atom. The zero-order valence-corrected chi connectivity index (χ0v) is 12.9. The van der Waals surface area contributed by atoms with Gasteiger partial charge in [-0.3, -0.25) is 4.79 Å². The van der Waals surface area contributed by atoms with Crippen molar-refractivity contribution in [2.45, 2.75) is 39.2 Å². The molecule has 0 amide bonds. The number of ether oxygens (including phenoxy) is 3. The fourth-order valence-corrected chi connectivity index (χ4v) is 2.41. The minimum atomic E-state index is -0.483. The number of fused-ring (bicyclic) bond motifs is 1. The Bertz CT molecular complexity index is 503. The third-order valence-electron chi connectivity index (χ3n) is 3.58. The molecule has 5 heteroatoms. The third kappa shape index (κ3) is 3.67. The summed E-state index contributed by atoms with van der Waals surface area (Å²) < 4.78 is 15.9. The predicted octanol–water partition coefficient (Wildman–Crippen LogP) is 2.58. The van der Waals surface area contributed by atoms with Gasteiger partial charge in [0.2, 0.25) is 6.79 Å². The number of hydrogen-bond donors (Lipinski definition) is 1. The Labute approximate surface area is 125 Å². The second kappa shape index (κ2) is 6.80. The fraction of sp³-hybridized carbons (Fsp3) is 0.562. The van der Waals surface area contributed by atoms with Gasteiger partial charge in [-0.05, 0) is 44.5 Å². The first-order chi connectivity index (χ1) is 10.1. The molecule has 1 aliphatic rings. The zero-order valence-electron chi connectivity index (χ0n) is 12.9. The van der Waals surface area contributed by atoms with E-state index in [2.05, 4.69) is 12.2 Å². The largest absolute Gasteiger partial charge is 0.466 e. The number of hydrogen-bond acceptors (Lipinski definition) is 5. The zero-order chi connectivity index (χ0) is 15.3. The smallest absolute Gasteiger partial charge is 0.307 e. The van der Waals surface area contributed by atoms with Gasteiger partial charge in [0, 0.05) is 0 Å². The van der Waals surface area contributed by atoms with Crippen LogP contribution in [0.2, 0.25) is 0 Å². The van der Waals surface area contributed by atoms with Crippen LogP contribution in [0, 0.1) is 0 Å². The van der Waals surface area contributed by atoms with E-state index < -0.39 is 5.54 Å². The lowest BCUT2D eigenvalue weighted by molar-refractivity contribution is -0.144. The van der Waals surface area contributed by atoms with Crippen molar-refractivity contribution in [2.24, 2.45) is 0 Å². The number of rotatable bonds is 7. The summed E-state index contributed by atoms with van der Waals surface area (Å²) in [4.78, 5) is 11.9. The molecule has 0 bridgehead atoms. The minimum Gasteiger partial charge on any atom is -0.466 e. The van der Waals surface area contributed by atoms with E-state index >= 15 is 0 Å². The van der Waals surface area contributed by atoms with Crippen LogP contribution in [0.5, 0.6) is 11.5 Å². The lowest BCUT2D eigenvalue weighted by Crippen LogP contribution is -2.42. The van der Waals surface area contributed by atoms with Crippen molar-refractivity contribution in [2.75, 3.05) is 19.9 Å². The number of carbonyl (C=O) groups excluding carboxylic acids is 1. The van der Waals surface area contributed by atoms with Crippen LogP contribution in [0.3, 0.4) is 0 Å². The average Bonchev–Trinajstić information content (AvgIpc) is 2.92. The minimum absolute atomic E-state index is 0.207. The van der Waals surface area contributed by atoms with Crippen LogP contribution in [-0.4, -0.2) is 25.9 Å². The van der Waals surface area contributed by atoms with Gasteiger partial charge < -0.3 is 19.5 Å². The molecule has 2 rings (SSSR count). The van der Waals surface area contributed by atoms with E-state index in [1.54, 1.807) is 0 Å². The molecule has 0 aliphatic carbocycles. The molecule has 0 fully saturated rings. The molecular formula is C16H23NO4. The number of carbonyl (C=O) groups is 1. The van der Waals surface area contributed by atoms with Crippen LogP contribution in [0.4, 0.5) is 0 Å². The molecule has 1 atom stereocenters. The summed E-state index contributed by atoms with van der Waals surface area (Å²) in [6.07, 6.45) is 1.27. The predicted molar refractivity (Wildman–Crippen MR) is 79.5 cm³/mol. The first-order valence-electron chi connectivity index (χ1n) is 7.40. The van der Waals surface area contributed by atoms with E-state index in [9.17, 15) is 4.79 Å². The molecule has 1 aromatic carbocycles. The van der Waals surface area contributed by atoms with E-state index in [1.165, 1.54) is 0 Å². The molecule has 1 heterocycles. The third-order valence-corrected chi connectivity index (χ3v) is 3.58. The standard InChI is InChI=1S/C16H23NO4/c1-4-8-17-16(3,10-15(18)19-5-2)12-6-7-13-14(9-12)21-11-20-13/h6-7,9,17H,4-5,8,10-11H2,1-3H3. The molecule has 21 heavy (non-hydrogen) atoms. The Kier molecular flexibility index (Phi) is 5.07. The molecule has 1 N–H and O–H groups in total. The highest BCUT2D eigenvalue weighted by Crippen LogP contribution is 2.36. The van der Waals surface area contributed by atoms with Crippen LogP contribution in [0.15, 0.2) is 18.2 Å². The van der Waals surface area contributed by atoms with Gasteiger partial charge in [-0.15, -0.1) is 0 Å². The molecule has 0 aromatic heterocycles. The van der Waals surface area contributed by atoms with Crippen molar-refractivity contribution in [1.29, 1.82) is 0 Å². The van der Waals surface area contributed by atoms with Crippen molar-refractivity contribution in [3.63, 3.8) is 0 Å². The Hall–Kier alpha value is -1.75. The van der Waals surface area contributed by atoms with Crippen molar-refractivity contribution in [1.82, 2.24) is 5.32 Å². The quantitative estimate of drug-likeness (QED) is 0.783. The van der Waals surface area contributed by atoms with E-state index in [0.717, 1.165) is 30.0 Å². The molecule has 5 nitrogen and oxygen atoms in total. The molecule has 1 aromatic rings. The molecule has 0 saturated heterocycles. The second-order valence-corrected chi connectivity index (χ2v) is 5.31. The van der Waals surface area contributed by atoms with E-state index in [4.69, 9.17) is 14.2 Å². The van der Waals surface area contributed by atoms with Crippen molar-refractivity contribution >= 4 is 5.97 Å². The lowest BCUT2D eigenvalue weighted by atomic mass is 9.88. The molecule has 1 aliphatic heterocycles. The molecule has 116 valence electrons. The Morgan fingerprint density at radius 2 is 2.10 bits per heavy atom. The Morgan fingerprint density at radius 1 is 1.33 bits per heavy atom. The van der Waals surface area contributed by atoms with Crippen molar-refractivity contribution in [3.05, 3.63) is 23.8 Å². The highest BCUT2D eigenvalue weighted by molar-refractivity contribution is 5.71. The summed E-state index contributed by atoms with van der Waals surface area (Å²) in [7, 11) is 0. The summed E-state index contributed by atoms with van der Waals surface area (Å²) in [6, 6.07) is 5.79. The van der Waals surface area contributed by atoms with Gasteiger partial charge >= 0.3 is 5.97 Å². The molecule has 0 saturated carbocycles. The number of nitrogens with one attached hydrogen (secondary N) is 1. The first-order valence-corrected chi connectivity index (χ1v) is 7.40. The SMILES string of the molecule is CCCNC(C)(CC(=O)OCC)c1ccc2c(c1)OCO2. The maximum atomic E-state index is 11.9. The maximum Gasteiger partial charge on any atom is 0.307 e. The normalized spacial score (nSPS) is 15.6. The maximum absolute atomic E-state index is 11.9. The number of benzene rings is 1. The fourth-order valence-electron chi connectivity index (χ4n) is 2.41. The van der Waals surface area contributed by atoms with Crippen LogP contribution < -0.4 is 14.8 Å². The monoisotopic (exact) mass is 293 g/mol.